The number of hydrogen-bond donors (Lipinski definition) is 1. The normalized spacial score (nSPS) is 11.0. The summed E-state index contributed by atoms with van der Waals surface area (Å²) in [5.74, 6) is 2.15. The SMILES string of the molecule is CCc1nc2cc(NC(=O)COc3ccccc3-c3nc(C)no3)ccc2n1CC. The Morgan fingerprint density at radius 1 is 1.17 bits per heavy atom. The molecule has 4 aromatic rings. The van der Waals surface area contributed by atoms with E-state index in [-0.39, 0.29) is 12.5 Å². The van der Waals surface area contributed by atoms with Crippen LogP contribution in [0.3, 0.4) is 0 Å². The number of benzene rings is 2. The topological polar surface area (TPSA) is 95.1 Å². The van der Waals surface area contributed by atoms with Crippen molar-refractivity contribution in [2.75, 3.05) is 11.9 Å². The van der Waals surface area contributed by atoms with Gasteiger partial charge < -0.3 is 19.1 Å². The molecular formula is C22H23N5O3. The van der Waals surface area contributed by atoms with Gasteiger partial charge in [0, 0.05) is 18.7 Å². The number of ether oxygens (including phenoxy) is 1. The molecule has 0 saturated heterocycles. The molecule has 30 heavy (non-hydrogen) atoms. The van der Waals surface area contributed by atoms with Gasteiger partial charge in [-0.05, 0) is 44.2 Å². The Morgan fingerprint density at radius 2 is 2.00 bits per heavy atom. The second kappa shape index (κ2) is 8.36. The summed E-state index contributed by atoms with van der Waals surface area (Å²) in [6.45, 7) is 6.64. The van der Waals surface area contributed by atoms with Crippen LogP contribution in [0.5, 0.6) is 5.75 Å². The molecule has 2 heterocycles. The number of nitrogens with zero attached hydrogens (tertiary/aromatic N) is 4. The molecule has 0 aliphatic rings. The zero-order valence-electron chi connectivity index (χ0n) is 17.2. The fourth-order valence-corrected chi connectivity index (χ4v) is 3.40. The molecular weight excluding hydrogens is 382 g/mol. The number of imidazole rings is 1. The van der Waals surface area contributed by atoms with E-state index in [0.717, 1.165) is 29.8 Å². The average molecular weight is 405 g/mol. The fourth-order valence-electron chi connectivity index (χ4n) is 3.40. The number of aryl methyl sites for hydroxylation is 3. The van der Waals surface area contributed by atoms with Gasteiger partial charge in [0.05, 0.1) is 16.6 Å². The van der Waals surface area contributed by atoms with Crippen LogP contribution in [0, 0.1) is 6.92 Å². The van der Waals surface area contributed by atoms with Gasteiger partial charge in [-0.2, -0.15) is 4.98 Å². The van der Waals surface area contributed by atoms with Crippen molar-refractivity contribution in [1.29, 1.82) is 0 Å². The molecule has 1 N–H and O–H groups in total. The number of anilines is 1. The van der Waals surface area contributed by atoms with Crippen LogP contribution in [0.25, 0.3) is 22.5 Å². The van der Waals surface area contributed by atoms with Crippen LogP contribution >= 0.6 is 0 Å². The molecule has 0 aliphatic carbocycles. The lowest BCUT2D eigenvalue weighted by atomic mass is 10.2. The molecule has 0 saturated carbocycles. The largest absolute Gasteiger partial charge is 0.483 e. The van der Waals surface area contributed by atoms with Crippen LogP contribution in [0.1, 0.15) is 25.5 Å². The third-order valence-electron chi connectivity index (χ3n) is 4.75. The maximum Gasteiger partial charge on any atom is 0.262 e. The number of hydrogen-bond acceptors (Lipinski definition) is 6. The number of para-hydroxylation sites is 1. The van der Waals surface area contributed by atoms with Crippen molar-refractivity contribution in [3.63, 3.8) is 0 Å². The van der Waals surface area contributed by atoms with E-state index in [2.05, 4.69) is 38.9 Å². The quantitative estimate of drug-likeness (QED) is 0.499. The van der Waals surface area contributed by atoms with Gasteiger partial charge in [0.1, 0.15) is 11.6 Å². The van der Waals surface area contributed by atoms with Gasteiger partial charge in [0.25, 0.3) is 11.8 Å². The highest BCUT2D eigenvalue weighted by Crippen LogP contribution is 2.28. The van der Waals surface area contributed by atoms with E-state index < -0.39 is 0 Å². The van der Waals surface area contributed by atoms with Crippen molar-refractivity contribution >= 4 is 22.6 Å². The van der Waals surface area contributed by atoms with Crippen LogP contribution < -0.4 is 10.1 Å². The summed E-state index contributed by atoms with van der Waals surface area (Å²) in [6.07, 6.45) is 0.858. The summed E-state index contributed by atoms with van der Waals surface area (Å²) in [5, 5.41) is 6.67. The summed E-state index contributed by atoms with van der Waals surface area (Å²) < 4.78 is 13.1. The molecule has 0 radical (unpaired) electrons. The predicted octanol–water partition coefficient (Wildman–Crippen LogP) is 3.99. The first-order valence-corrected chi connectivity index (χ1v) is 9.90. The Balaban J connectivity index is 1.46. The smallest absolute Gasteiger partial charge is 0.262 e. The molecule has 0 unspecified atom stereocenters. The second-order valence-electron chi connectivity index (χ2n) is 6.81. The highest BCUT2D eigenvalue weighted by Gasteiger charge is 2.14. The first-order chi connectivity index (χ1) is 14.6. The summed E-state index contributed by atoms with van der Waals surface area (Å²) in [4.78, 5) is 21.3. The summed E-state index contributed by atoms with van der Waals surface area (Å²) >= 11 is 0. The lowest BCUT2D eigenvalue weighted by molar-refractivity contribution is -0.118. The zero-order valence-corrected chi connectivity index (χ0v) is 17.2. The third-order valence-corrected chi connectivity index (χ3v) is 4.75. The van der Waals surface area contributed by atoms with E-state index in [1.165, 1.54) is 0 Å². The lowest BCUT2D eigenvalue weighted by Gasteiger charge is -2.10. The first-order valence-electron chi connectivity index (χ1n) is 9.90. The molecule has 154 valence electrons. The lowest BCUT2D eigenvalue weighted by Crippen LogP contribution is -2.20. The fraction of sp³-hybridized carbons (Fsp3) is 0.273. The zero-order chi connectivity index (χ0) is 21.1. The van der Waals surface area contributed by atoms with Crippen molar-refractivity contribution in [3.8, 4) is 17.2 Å². The highest BCUT2D eigenvalue weighted by molar-refractivity contribution is 5.94. The van der Waals surface area contributed by atoms with Crippen LogP contribution in [0.4, 0.5) is 5.69 Å². The second-order valence-corrected chi connectivity index (χ2v) is 6.81. The van der Waals surface area contributed by atoms with E-state index in [0.29, 0.717) is 28.7 Å². The Morgan fingerprint density at radius 3 is 2.73 bits per heavy atom. The predicted molar refractivity (Wildman–Crippen MR) is 113 cm³/mol. The Bertz CT molecular complexity index is 1190. The van der Waals surface area contributed by atoms with Crippen molar-refractivity contribution in [1.82, 2.24) is 19.7 Å². The van der Waals surface area contributed by atoms with E-state index in [9.17, 15) is 4.79 Å². The summed E-state index contributed by atoms with van der Waals surface area (Å²) in [5.41, 5.74) is 3.25. The third kappa shape index (κ3) is 3.89. The molecule has 1 amide bonds. The summed E-state index contributed by atoms with van der Waals surface area (Å²) in [7, 11) is 0. The standard InChI is InChI=1S/C22H23N5O3/c1-4-20-25-17-12-15(10-11-18(17)27(20)5-2)24-21(28)13-29-19-9-7-6-8-16(19)22-23-14(3)26-30-22/h6-12H,4-5,13H2,1-3H3,(H,24,28). The van der Waals surface area contributed by atoms with Crippen LogP contribution in [0.2, 0.25) is 0 Å². The van der Waals surface area contributed by atoms with E-state index >= 15 is 0 Å². The van der Waals surface area contributed by atoms with E-state index in [4.69, 9.17) is 9.26 Å². The Kier molecular flexibility index (Phi) is 5.47. The molecule has 0 spiro atoms. The molecule has 8 nitrogen and oxygen atoms in total. The van der Waals surface area contributed by atoms with Crippen molar-refractivity contribution in [2.24, 2.45) is 0 Å². The van der Waals surface area contributed by atoms with E-state index in [1.54, 1.807) is 13.0 Å². The minimum atomic E-state index is -0.267. The molecule has 0 aliphatic heterocycles. The first kappa shape index (κ1) is 19.6. The van der Waals surface area contributed by atoms with Crippen LogP contribution in [-0.4, -0.2) is 32.2 Å². The molecule has 2 aromatic carbocycles. The van der Waals surface area contributed by atoms with Gasteiger partial charge in [0.15, 0.2) is 12.4 Å². The molecule has 0 atom stereocenters. The maximum atomic E-state index is 12.4. The van der Waals surface area contributed by atoms with Gasteiger partial charge >= 0.3 is 0 Å². The minimum Gasteiger partial charge on any atom is -0.483 e. The number of carbonyl (C=O) groups is 1. The van der Waals surface area contributed by atoms with Crippen LogP contribution in [-0.2, 0) is 17.8 Å². The Labute approximate surface area is 173 Å². The molecule has 0 bridgehead atoms. The maximum absolute atomic E-state index is 12.4. The number of carbonyl (C=O) groups excluding carboxylic acids is 1. The number of rotatable bonds is 7. The number of amides is 1. The van der Waals surface area contributed by atoms with Crippen molar-refractivity contribution in [2.45, 2.75) is 33.7 Å². The number of nitrogens with one attached hydrogen (secondary N) is 1. The van der Waals surface area contributed by atoms with Crippen LogP contribution in [0.15, 0.2) is 47.0 Å². The van der Waals surface area contributed by atoms with Gasteiger partial charge in [-0.3, -0.25) is 4.79 Å². The summed E-state index contributed by atoms with van der Waals surface area (Å²) in [6, 6.07) is 13.0. The number of aromatic nitrogens is 4. The van der Waals surface area contributed by atoms with Crippen molar-refractivity contribution in [3.05, 3.63) is 54.1 Å². The van der Waals surface area contributed by atoms with Gasteiger partial charge in [-0.15, -0.1) is 0 Å². The van der Waals surface area contributed by atoms with Gasteiger partial charge in [-0.25, -0.2) is 4.98 Å². The van der Waals surface area contributed by atoms with E-state index in [1.807, 2.05) is 36.4 Å². The molecule has 8 heteroatoms. The average Bonchev–Trinajstić information content (AvgIpc) is 3.34. The van der Waals surface area contributed by atoms with Crippen molar-refractivity contribution < 1.29 is 14.1 Å². The van der Waals surface area contributed by atoms with Gasteiger partial charge in [0.2, 0.25) is 0 Å². The Hall–Kier alpha value is -3.68. The monoisotopic (exact) mass is 405 g/mol. The number of fused-ring (bicyclic) bond motifs is 1. The highest BCUT2D eigenvalue weighted by atomic mass is 16.5. The molecule has 4 rings (SSSR count). The van der Waals surface area contributed by atoms with Gasteiger partial charge in [-0.1, -0.05) is 24.2 Å². The molecule has 0 fully saturated rings. The molecule has 2 aromatic heterocycles. The minimum absolute atomic E-state index is 0.147.